The first kappa shape index (κ1) is 13.7. The van der Waals surface area contributed by atoms with Crippen molar-refractivity contribution >= 4 is 0 Å². The molecule has 0 radical (unpaired) electrons. The highest BCUT2D eigenvalue weighted by Gasteiger charge is 2.31. The number of hydrogen-bond acceptors (Lipinski definition) is 4. The van der Waals surface area contributed by atoms with Crippen molar-refractivity contribution in [2.45, 2.75) is 31.8 Å². The maximum Gasteiger partial charge on any atom is 0.161 e. The van der Waals surface area contributed by atoms with Crippen LogP contribution in [0.1, 0.15) is 31.4 Å². The fraction of sp³-hybridized carbons (Fsp3) is 0.625. The van der Waals surface area contributed by atoms with Gasteiger partial charge in [0.1, 0.15) is 13.2 Å². The molecule has 2 atom stereocenters. The fourth-order valence-electron chi connectivity index (χ4n) is 2.81. The van der Waals surface area contributed by atoms with Gasteiger partial charge in [-0.1, -0.05) is 6.07 Å². The summed E-state index contributed by atoms with van der Waals surface area (Å²) in [6.45, 7) is 4.41. The third-order valence-electron chi connectivity index (χ3n) is 4.48. The topological polar surface area (TPSA) is 47.7 Å². The van der Waals surface area contributed by atoms with Crippen LogP contribution >= 0.6 is 0 Å². The van der Waals surface area contributed by atoms with Crippen molar-refractivity contribution in [2.75, 3.05) is 26.8 Å². The van der Waals surface area contributed by atoms with E-state index in [2.05, 4.69) is 18.9 Å². The second kappa shape index (κ2) is 5.62. The van der Waals surface area contributed by atoms with E-state index in [0.717, 1.165) is 29.5 Å². The Morgan fingerprint density at radius 3 is 2.65 bits per heavy atom. The van der Waals surface area contributed by atoms with E-state index in [1.54, 1.807) is 0 Å². The maximum absolute atomic E-state index is 6.35. The van der Waals surface area contributed by atoms with E-state index >= 15 is 0 Å². The van der Waals surface area contributed by atoms with E-state index in [4.69, 9.17) is 15.2 Å². The molecule has 4 nitrogen and oxygen atoms in total. The standard InChI is InChI=1S/C16H24N2O2/c1-11(12-3-4-12)18(2)10-14(17)13-5-6-15-16(9-13)20-8-7-19-15/h5-6,9,11-12,14H,3-4,7-8,10,17H2,1-2H3. The summed E-state index contributed by atoms with van der Waals surface area (Å²) in [4.78, 5) is 2.37. The van der Waals surface area contributed by atoms with Gasteiger partial charge in [0.05, 0.1) is 0 Å². The van der Waals surface area contributed by atoms with Gasteiger partial charge in [0, 0.05) is 18.6 Å². The normalized spacial score (nSPS) is 20.8. The van der Waals surface area contributed by atoms with Crippen LogP contribution in [0.4, 0.5) is 0 Å². The molecule has 2 unspecified atom stereocenters. The van der Waals surface area contributed by atoms with Crippen LogP contribution in [-0.4, -0.2) is 37.7 Å². The molecule has 0 spiro atoms. The average Bonchev–Trinajstić information content (AvgIpc) is 3.30. The minimum absolute atomic E-state index is 0.0111. The molecule has 1 aromatic rings. The molecule has 0 saturated heterocycles. The molecule has 1 aromatic carbocycles. The number of likely N-dealkylation sites (N-methyl/N-ethyl adjacent to an activating group) is 1. The van der Waals surface area contributed by atoms with Crippen LogP contribution in [0.3, 0.4) is 0 Å². The number of benzene rings is 1. The zero-order chi connectivity index (χ0) is 14.1. The van der Waals surface area contributed by atoms with Gasteiger partial charge in [-0.05, 0) is 50.4 Å². The summed E-state index contributed by atoms with van der Waals surface area (Å²) in [5, 5.41) is 0. The molecule has 1 fully saturated rings. The van der Waals surface area contributed by atoms with Crippen LogP contribution in [0, 0.1) is 5.92 Å². The predicted molar refractivity (Wildman–Crippen MR) is 79.2 cm³/mol. The highest BCUT2D eigenvalue weighted by atomic mass is 16.6. The Bertz CT molecular complexity index is 474. The van der Waals surface area contributed by atoms with Gasteiger partial charge < -0.3 is 20.1 Å². The Kier molecular flexibility index (Phi) is 3.85. The monoisotopic (exact) mass is 276 g/mol. The first-order chi connectivity index (χ1) is 9.65. The van der Waals surface area contributed by atoms with Crippen LogP contribution in [-0.2, 0) is 0 Å². The summed E-state index contributed by atoms with van der Waals surface area (Å²) in [6.07, 6.45) is 2.73. The van der Waals surface area contributed by atoms with Crippen molar-refractivity contribution < 1.29 is 9.47 Å². The largest absolute Gasteiger partial charge is 0.486 e. The van der Waals surface area contributed by atoms with Crippen molar-refractivity contribution in [3.8, 4) is 11.5 Å². The second-order valence-corrected chi connectivity index (χ2v) is 6.03. The molecule has 1 saturated carbocycles. The predicted octanol–water partition coefficient (Wildman–Crippen LogP) is 2.19. The molecule has 110 valence electrons. The molecule has 1 aliphatic heterocycles. The lowest BCUT2D eigenvalue weighted by Crippen LogP contribution is -2.36. The number of nitrogens with zero attached hydrogens (tertiary/aromatic N) is 1. The van der Waals surface area contributed by atoms with E-state index < -0.39 is 0 Å². The molecule has 20 heavy (non-hydrogen) atoms. The third kappa shape index (κ3) is 2.91. The molecule has 0 amide bonds. The van der Waals surface area contributed by atoms with Crippen LogP contribution < -0.4 is 15.2 Å². The summed E-state index contributed by atoms with van der Waals surface area (Å²) in [7, 11) is 2.17. The van der Waals surface area contributed by atoms with E-state index in [1.165, 1.54) is 12.8 Å². The van der Waals surface area contributed by atoms with Crippen LogP contribution in [0.15, 0.2) is 18.2 Å². The Labute approximate surface area is 120 Å². The van der Waals surface area contributed by atoms with Gasteiger partial charge >= 0.3 is 0 Å². The minimum atomic E-state index is 0.0111. The Hall–Kier alpha value is -1.26. The number of hydrogen-bond donors (Lipinski definition) is 1. The SMILES string of the molecule is CC(C1CC1)N(C)CC(N)c1ccc2c(c1)OCCO2. The van der Waals surface area contributed by atoms with Gasteiger partial charge in [-0.15, -0.1) is 0 Å². The molecule has 1 aliphatic carbocycles. The van der Waals surface area contributed by atoms with Gasteiger partial charge in [0.15, 0.2) is 11.5 Å². The molecule has 1 heterocycles. The second-order valence-electron chi connectivity index (χ2n) is 6.03. The van der Waals surface area contributed by atoms with E-state index in [0.29, 0.717) is 19.3 Å². The molecule has 4 heteroatoms. The fourth-order valence-corrected chi connectivity index (χ4v) is 2.81. The first-order valence-electron chi connectivity index (χ1n) is 7.50. The lowest BCUT2D eigenvalue weighted by atomic mass is 10.0. The summed E-state index contributed by atoms with van der Waals surface area (Å²) in [6, 6.07) is 6.67. The zero-order valence-electron chi connectivity index (χ0n) is 12.3. The van der Waals surface area contributed by atoms with Gasteiger partial charge in [-0.3, -0.25) is 0 Å². The van der Waals surface area contributed by atoms with Gasteiger partial charge in [0.25, 0.3) is 0 Å². The molecule has 2 aliphatic rings. The summed E-state index contributed by atoms with van der Waals surface area (Å²) in [5.74, 6) is 2.52. The third-order valence-corrected chi connectivity index (χ3v) is 4.48. The van der Waals surface area contributed by atoms with Crippen LogP contribution in [0.5, 0.6) is 11.5 Å². The molecular weight excluding hydrogens is 252 g/mol. The Morgan fingerprint density at radius 1 is 1.25 bits per heavy atom. The maximum atomic E-state index is 6.35. The molecule has 0 bridgehead atoms. The van der Waals surface area contributed by atoms with Crippen molar-refractivity contribution in [3.63, 3.8) is 0 Å². The van der Waals surface area contributed by atoms with Gasteiger partial charge in [-0.2, -0.15) is 0 Å². The molecule has 2 N–H and O–H groups in total. The molecule has 3 rings (SSSR count). The van der Waals surface area contributed by atoms with Crippen molar-refractivity contribution in [1.82, 2.24) is 4.90 Å². The average molecular weight is 276 g/mol. The number of rotatable bonds is 5. The quantitative estimate of drug-likeness (QED) is 0.895. The number of fused-ring (bicyclic) bond motifs is 1. The summed E-state index contributed by atoms with van der Waals surface area (Å²) < 4.78 is 11.2. The minimum Gasteiger partial charge on any atom is -0.486 e. The van der Waals surface area contributed by atoms with Gasteiger partial charge in [0.2, 0.25) is 0 Å². The Balaban J connectivity index is 1.65. The van der Waals surface area contributed by atoms with E-state index in [9.17, 15) is 0 Å². The molecule has 0 aromatic heterocycles. The van der Waals surface area contributed by atoms with Crippen molar-refractivity contribution in [3.05, 3.63) is 23.8 Å². The first-order valence-corrected chi connectivity index (χ1v) is 7.50. The zero-order valence-corrected chi connectivity index (χ0v) is 12.3. The van der Waals surface area contributed by atoms with Crippen molar-refractivity contribution in [1.29, 1.82) is 0 Å². The summed E-state index contributed by atoms with van der Waals surface area (Å²) >= 11 is 0. The highest BCUT2D eigenvalue weighted by molar-refractivity contribution is 5.44. The highest BCUT2D eigenvalue weighted by Crippen LogP contribution is 2.36. The van der Waals surface area contributed by atoms with Crippen molar-refractivity contribution in [2.24, 2.45) is 11.7 Å². The smallest absolute Gasteiger partial charge is 0.161 e. The summed E-state index contributed by atoms with van der Waals surface area (Å²) in [5.41, 5.74) is 7.46. The number of ether oxygens (including phenoxy) is 2. The number of nitrogens with two attached hydrogens (primary N) is 1. The van der Waals surface area contributed by atoms with Crippen LogP contribution in [0.2, 0.25) is 0 Å². The lowest BCUT2D eigenvalue weighted by molar-refractivity contribution is 0.171. The van der Waals surface area contributed by atoms with Crippen LogP contribution in [0.25, 0.3) is 0 Å². The van der Waals surface area contributed by atoms with E-state index in [1.807, 2.05) is 18.2 Å². The van der Waals surface area contributed by atoms with E-state index in [-0.39, 0.29) is 6.04 Å². The van der Waals surface area contributed by atoms with Gasteiger partial charge in [-0.25, -0.2) is 0 Å². The Morgan fingerprint density at radius 2 is 1.95 bits per heavy atom. The lowest BCUT2D eigenvalue weighted by Gasteiger charge is -2.28. The molecular formula is C16H24N2O2.